The van der Waals surface area contributed by atoms with Gasteiger partial charge in [0.25, 0.3) is 0 Å². The summed E-state index contributed by atoms with van der Waals surface area (Å²) in [6.45, 7) is 9.32. The second-order valence-electron chi connectivity index (χ2n) is 6.56. The van der Waals surface area contributed by atoms with Crippen molar-refractivity contribution in [2.24, 2.45) is 0 Å². The molecule has 1 unspecified atom stereocenters. The lowest BCUT2D eigenvalue weighted by Crippen LogP contribution is -2.41. The summed E-state index contributed by atoms with van der Waals surface area (Å²) in [5.41, 5.74) is 2.70. The van der Waals surface area contributed by atoms with Crippen LogP contribution < -0.4 is 5.32 Å². The van der Waals surface area contributed by atoms with Crippen LogP contribution in [0.5, 0.6) is 0 Å². The average molecular weight is 307 g/mol. The number of benzene rings is 1. The highest BCUT2D eigenvalue weighted by Crippen LogP contribution is 2.14. The maximum atomic E-state index is 11.8. The molecule has 1 aromatic carbocycles. The van der Waals surface area contributed by atoms with Gasteiger partial charge in [0.1, 0.15) is 5.60 Å². The molecule has 0 radical (unpaired) electrons. The molecular formula is C17H25NO4. The minimum absolute atomic E-state index is 0.147. The maximum absolute atomic E-state index is 11.8. The Morgan fingerprint density at radius 2 is 1.86 bits per heavy atom. The van der Waals surface area contributed by atoms with E-state index in [4.69, 9.17) is 9.84 Å². The van der Waals surface area contributed by atoms with Crippen LogP contribution in [0.4, 0.5) is 4.79 Å². The Morgan fingerprint density at radius 3 is 2.36 bits per heavy atom. The van der Waals surface area contributed by atoms with Crippen LogP contribution >= 0.6 is 0 Å². The number of amides is 1. The van der Waals surface area contributed by atoms with Gasteiger partial charge in [0.2, 0.25) is 0 Å². The molecule has 0 fully saturated rings. The molecule has 122 valence electrons. The number of aliphatic carboxylic acids is 1. The van der Waals surface area contributed by atoms with Crippen molar-refractivity contribution >= 4 is 12.1 Å². The van der Waals surface area contributed by atoms with E-state index in [0.29, 0.717) is 6.42 Å². The molecule has 0 bridgehead atoms. The number of carboxylic acids is 1. The molecule has 22 heavy (non-hydrogen) atoms. The van der Waals surface area contributed by atoms with Gasteiger partial charge in [0, 0.05) is 6.04 Å². The second kappa shape index (κ2) is 7.29. The van der Waals surface area contributed by atoms with Crippen LogP contribution in [0, 0.1) is 13.8 Å². The molecule has 5 heteroatoms. The van der Waals surface area contributed by atoms with Crippen LogP contribution in [0.3, 0.4) is 0 Å². The summed E-state index contributed by atoms with van der Waals surface area (Å²) in [6.07, 6.45) is -0.290. The van der Waals surface area contributed by atoms with Gasteiger partial charge in [0.15, 0.2) is 0 Å². The number of carboxylic acid groups (broad SMARTS) is 1. The van der Waals surface area contributed by atoms with Crippen molar-refractivity contribution in [3.63, 3.8) is 0 Å². The number of hydrogen-bond acceptors (Lipinski definition) is 3. The van der Waals surface area contributed by atoms with Crippen molar-refractivity contribution in [3.05, 3.63) is 34.9 Å². The lowest BCUT2D eigenvalue weighted by atomic mass is 9.99. The third-order valence-electron chi connectivity index (χ3n) is 3.20. The number of alkyl carbamates (subject to hydrolysis) is 1. The summed E-state index contributed by atoms with van der Waals surface area (Å²) in [6, 6.07) is 5.46. The fourth-order valence-electron chi connectivity index (χ4n) is 2.07. The zero-order valence-corrected chi connectivity index (χ0v) is 13.9. The molecule has 0 heterocycles. The van der Waals surface area contributed by atoms with Crippen LogP contribution in [-0.2, 0) is 16.0 Å². The van der Waals surface area contributed by atoms with E-state index in [1.165, 1.54) is 5.56 Å². The molecule has 0 aliphatic heterocycles. The lowest BCUT2D eigenvalue weighted by molar-refractivity contribution is -0.137. The van der Waals surface area contributed by atoms with E-state index < -0.39 is 23.7 Å². The summed E-state index contributed by atoms with van der Waals surface area (Å²) in [5.74, 6) is -0.954. The summed E-state index contributed by atoms with van der Waals surface area (Å²) in [7, 11) is 0. The highest BCUT2D eigenvalue weighted by molar-refractivity contribution is 5.71. The average Bonchev–Trinajstić information content (AvgIpc) is 2.30. The first-order valence-corrected chi connectivity index (χ1v) is 7.34. The molecule has 1 amide bonds. The number of rotatable bonds is 5. The fourth-order valence-corrected chi connectivity index (χ4v) is 2.07. The number of hydrogen-bond donors (Lipinski definition) is 2. The predicted octanol–water partition coefficient (Wildman–Crippen LogP) is 3.21. The lowest BCUT2D eigenvalue weighted by Gasteiger charge is -2.23. The van der Waals surface area contributed by atoms with E-state index in [1.807, 2.05) is 32.0 Å². The normalized spacial score (nSPS) is 12.6. The Bertz CT molecular complexity index is 546. The van der Waals surface area contributed by atoms with Crippen molar-refractivity contribution < 1.29 is 19.4 Å². The Kier molecular flexibility index (Phi) is 5.97. The molecule has 1 atom stereocenters. The van der Waals surface area contributed by atoms with Crippen molar-refractivity contribution in [2.45, 2.75) is 59.1 Å². The summed E-state index contributed by atoms with van der Waals surface area (Å²) >= 11 is 0. The fraction of sp³-hybridized carbons (Fsp3) is 0.529. The van der Waals surface area contributed by atoms with Gasteiger partial charge < -0.3 is 15.2 Å². The van der Waals surface area contributed by atoms with E-state index in [-0.39, 0.29) is 6.42 Å². The molecule has 2 N–H and O–H groups in total. The first-order valence-electron chi connectivity index (χ1n) is 7.34. The van der Waals surface area contributed by atoms with Gasteiger partial charge in [-0.2, -0.15) is 0 Å². The highest BCUT2D eigenvalue weighted by Gasteiger charge is 2.21. The van der Waals surface area contributed by atoms with Crippen molar-refractivity contribution in [1.29, 1.82) is 0 Å². The van der Waals surface area contributed by atoms with E-state index in [1.54, 1.807) is 20.8 Å². The van der Waals surface area contributed by atoms with E-state index in [2.05, 4.69) is 5.32 Å². The van der Waals surface area contributed by atoms with Crippen molar-refractivity contribution in [2.75, 3.05) is 0 Å². The summed E-state index contributed by atoms with van der Waals surface area (Å²) in [5, 5.41) is 11.7. The van der Waals surface area contributed by atoms with Crippen LogP contribution in [0.2, 0.25) is 0 Å². The minimum Gasteiger partial charge on any atom is -0.481 e. The van der Waals surface area contributed by atoms with Crippen LogP contribution in [0.25, 0.3) is 0 Å². The number of ether oxygens (including phenoxy) is 1. The monoisotopic (exact) mass is 307 g/mol. The number of carbonyl (C=O) groups is 2. The number of nitrogens with one attached hydrogen (secondary N) is 1. The highest BCUT2D eigenvalue weighted by atomic mass is 16.6. The third kappa shape index (κ3) is 6.61. The first-order chi connectivity index (χ1) is 10.1. The largest absolute Gasteiger partial charge is 0.481 e. The van der Waals surface area contributed by atoms with Crippen LogP contribution in [0.15, 0.2) is 18.2 Å². The molecule has 0 aromatic heterocycles. The summed E-state index contributed by atoms with van der Waals surface area (Å²) < 4.78 is 5.19. The molecule has 0 saturated heterocycles. The van der Waals surface area contributed by atoms with Crippen molar-refractivity contribution in [1.82, 2.24) is 5.32 Å². The predicted molar refractivity (Wildman–Crippen MR) is 85.0 cm³/mol. The second-order valence-corrected chi connectivity index (χ2v) is 6.56. The van der Waals surface area contributed by atoms with Crippen LogP contribution in [0.1, 0.15) is 43.9 Å². The quantitative estimate of drug-likeness (QED) is 0.876. The Balaban J connectivity index is 2.77. The number of aryl methyl sites for hydroxylation is 2. The molecule has 1 rings (SSSR count). The van der Waals surface area contributed by atoms with Gasteiger partial charge in [-0.1, -0.05) is 18.2 Å². The minimum atomic E-state index is -0.954. The zero-order valence-electron chi connectivity index (χ0n) is 13.9. The van der Waals surface area contributed by atoms with E-state index >= 15 is 0 Å². The standard InChI is InChI=1S/C17H25NO4/c1-11-6-7-13(8-12(11)2)9-14(10-15(19)20)18-16(21)22-17(3,4)5/h6-8,14H,9-10H2,1-5H3,(H,18,21)(H,19,20). The van der Waals surface area contributed by atoms with Gasteiger partial charge in [-0.15, -0.1) is 0 Å². The third-order valence-corrected chi connectivity index (χ3v) is 3.20. The zero-order chi connectivity index (χ0) is 16.9. The maximum Gasteiger partial charge on any atom is 0.407 e. The summed E-state index contributed by atoms with van der Waals surface area (Å²) in [4.78, 5) is 22.8. The van der Waals surface area contributed by atoms with E-state index in [9.17, 15) is 9.59 Å². The van der Waals surface area contributed by atoms with Gasteiger partial charge >= 0.3 is 12.1 Å². The topological polar surface area (TPSA) is 75.6 Å². The molecule has 0 aliphatic rings. The van der Waals surface area contributed by atoms with Crippen molar-refractivity contribution in [3.8, 4) is 0 Å². The van der Waals surface area contributed by atoms with Gasteiger partial charge in [-0.05, 0) is 57.7 Å². The van der Waals surface area contributed by atoms with E-state index in [0.717, 1.165) is 11.1 Å². The molecule has 5 nitrogen and oxygen atoms in total. The SMILES string of the molecule is Cc1ccc(CC(CC(=O)O)NC(=O)OC(C)(C)C)cc1C. The molecule has 0 aliphatic carbocycles. The molecular weight excluding hydrogens is 282 g/mol. The first kappa shape index (κ1) is 18.0. The number of carbonyl (C=O) groups excluding carboxylic acids is 1. The molecule has 1 aromatic rings. The van der Waals surface area contributed by atoms with Gasteiger partial charge in [-0.25, -0.2) is 4.79 Å². The van der Waals surface area contributed by atoms with Gasteiger partial charge in [0.05, 0.1) is 6.42 Å². The Morgan fingerprint density at radius 1 is 1.23 bits per heavy atom. The molecule has 0 spiro atoms. The smallest absolute Gasteiger partial charge is 0.407 e. The van der Waals surface area contributed by atoms with Gasteiger partial charge in [-0.3, -0.25) is 4.79 Å². The van der Waals surface area contributed by atoms with Crippen LogP contribution in [-0.4, -0.2) is 28.8 Å². The molecule has 0 saturated carbocycles. The Hall–Kier alpha value is -2.04. The Labute approximate surface area is 131 Å².